The number of primary amides is 1. The van der Waals surface area contributed by atoms with Gasteiger partial charge in [0.15, 0.2) is 0 Å². The molecule has 1 aliphatic heterocycles. The molecule has 2 amide bonds. The topological polar surface area (TPSA) is 104 Å². The quantitative estimate of drug-likeness (QED) is 0.477. The Kier molecular flexibility index (Phi) is 3.59. The predicted octanol–water partition coefficient (Wildman–Crippen LogP) is -1.13. The molecule has 1 unspecified atom stereocenters. The van der Waals surface area contributed by atoms with E-state index in [9.17, 15) is 14.7 Å². The molecule has 0 aromatic heterocycles. The van der Waals surface area contributed by atoms with Gasteiger partial charge in [0.05, 0.1) is 11.5 Å². The molecular formula is C12H21N3O3. The van der Waals surface area contributed by atoms with E-state index in [0.29, 0.717) is 0 Å². The Morgan fingerprint density at radius 1 is 1.56 bits per heavy atom. The minimum absolute atomic E-state index is 0.149. The normalized spacial score (nSPS) is 34.6. The number of carbonyl (C=O) groups is 2. The molecule has 1 heterocycles. The van der Waals surface area contributed by atoms with Crippen LogP contribution in [0.25, 0.3) is 0 Å². The van der Waals surface area contributed by atoms with Crippen molar-refractivity contribution in [2.75, 3.05) is 6.54 Å². The van der Waals surface area contributed by atoms with Crippen molar-refractivity contribution in [1.29, 1.82) is 0 Å². The number of rotatable bonds is 4. The van der Waals surface area contributed by atoms with Crippen LogP contribution in [0, 0.1) is 5.41 Å². The third-order valence-corrected chi connectivity index (χ3v) is 4.22. The molecule has 0 aromatic rings. The molecule has 5 N–H and O–H groups in total. The van der Waals surface area contributed by atoms with Gasteiger partial charge in [-0.15, -0.1) is 0 Å². The second-order valence-electron chi connectivity index (χ2n) is 5.52. The van der Waals surface area contributed by atoms with Crippen molar-refractivity contribution < 1.29 is 14.7 Å². The summed E-state index contributed by atoms with van der Waals surface area (Å²) in [6.07, 6.45) is 2.54. The van der Waals surface area contributed by atoms with Gasteiger partial charge in [-0.05, 0) is 32.6 Å². The third-order valence-electron chi connectivity index (χ3n) is 4.22. The van der Waals surface area contributed by atoms with E-state index in [0.717, 1.165) is 32.2 Å². The lowest BCUT2D eigenvalue weighted by atomic mass is 9.68. The van der Waals surface area contributed by atoms with Crippen LogP contribution in [-0.4, -0.2) is 41.7 Å². The Labute approximate surface area is 106 Å². The van der Waals surface area contributed by atoms with E-state index >= 15 is 0 Å². The number of amides is 2. The first-order chi connectivity index (χ1) is 8.44. The SMILES string of the molecule is C[C@@H](O)C(NC1CCC2(CC1)CNC2=O)C(N)=O. The molecule has 2 aliphatic rings. The molecule has 1 saturated heterocycles. The molecule has 6 nitrogen and oxygen atoms in total. The van der Waals surface area contributed by atoms with Gasteiger partial charge < -0.3 is 21.5 Å². The Morgan fingerprint density at radius 2 is 2.17 bits per heavy atom. The van der Waals surface area contributed by atoms with Gasteiger partial charge in [-0.1, -0.05) is 0 Å². The number of aliphatic hydroxyl groups is 1. The minimum Gasteiger partial charge on any atom is -0.391 e. The van der Waals surface area contributed by atoms with Crippen LogP contribution >= 0.6 is 0 Å². The lowest BCUT2D eigenvalue weighted by Gasteiger charge is -2.46. The van der Waals surface area contributed by atoms with Gasteiger partial charge in [0.25, 0.3) is 0 Å². The fourth-order valence-electron chi connectivity index (χ4n) is 2.86. The predicted molar refractivity (Wildman–Crippen MR) is 65.5 cm³/mol. The number of β-lactam (4-membered cyclic amide) rings is 1. The Balaban J connectivity index is 1.86. The zero-order valence-electron chi connectivity index (χ0n) is 10.6. The second kappa shape index (κ2) is 4.85. The number of aliphatic hydroxyl groups excluding tert-OH is 1. The molecule has 0 bridgehead atoms. The molecule has 2 atom stereocenters. The maximum Gasteiger partial charge on any atom is 0.237 e. The zero-order chi connectivity index (χ0) is 13.3. The van der Waals surface area contributed by atoms with E-state index in [4.69, 9.17) is 5.73 Å². The molecule has 2 fully saturated rings. The Hall–Kier alpha value is -1.14. The molecule has 102 valence electrons. The van der Waals surface area contributed by atoms with Crippen molar-refractivity contribution >= 4 is 11.8 Å². The molecular weight excluding hydrogens is 234 g/mol. The van der Waals surface area contributed by atoms with E-state index in [1.807, 2.05) is 0 Å². The van der Waals surface area contributed by atoms with Crippen LogP contribution in [0.4, 0.5) is 0 Å². The van der Waals surface area contributed by atoms with E-state index in [2.05, 4.69) is 10.6 Å². The lowest BCUT2D eigenvalue weighted by molar-refractivity contribution is -0.143. The van der Waals surface area contributed by atoms with E-state index in [1.54, 1.807) is 6.92 Å². The van der Waals surface area contributed by atoms with E-state index < -0.39 is 18.1 Å². The summed E-state index contributed by atoms with van der Waals surface area (Å²) in [4.78, 5) is 22.7. The molecule has 0 aromatic carbocycles. The van der Waals surface area contributed by atoms with Gasteiger partial charge in [-0.2, -0.15) is 0 Å². The van der Waals surface area contributed by atoms with Gasteiger partial charge >= 0.3 is 0 Å². The van der Waals surface area contributed by atoms with Crippen molar-refractivity contribution in [2.24, 2.45) is 11.1 Å². The molecule has 18 heavy (non-hydrogen) atoms. The van der Waals surface area contributed by atoms with Crippen LogP contribution in [0.3, 0.4) is 0 Å². The van der Waals surface area contributed by atoms with Crippen molar-refractivity contribution in [3.63, 3.8) is 0 Å². The average Bonchev–Trinajstić information content (AvgIpc) is 2.34. The van der Waals surface area contributed by atoms with Crippen LogP contribution < -0.4 is 16.4 Å². The number of hydrogen-bond acceptors (Lipinski definition) is 4. The van der Waals surface area contributed by atoms with Gasteiger partial charge in [-0.3, -0.25) is 9.59 Å². The fraction of sp³-hybridized carbons (Fsp3) is 0.833. The van der Waals surface area contributed by atoms with Crippen LogP contribution in [-0.2, 0) is 9.59 Å². The number of hydrogen-bond donors (Lipinski definition) is 4. The summed E-state index contributed by atoms with van der Waals surface area (Å²) in [7, 11) is 0. The number of nitrogens with one attached hydrogen (secondary N) is 2. The smallest absolute Gasteiger partial charge is 0.237 e. The lowest BCUT2D eigenvalue weighted by Crippen LogP contribution is -2.62. The molecule has 6 heteroatoms. The molecule has 2 rings (SSSR count). The zero-order valence-corrected chi connectivity index (χ0v) is 10.6. The van der Waals surface area contributed by atoms with Crippen LogP contribution in [0.2, 0.25) is 0 Å². The largest absolute Gasteiger partial charge is 0.391 e. The first kappa shape index (κ1) is 13.3. The molecule has 1 saturated carbocycles. The monoisotopic (exact) mass is 255 g/mol. The first-order valence-electron chi connectivity index (χ1n) is 6.46. The van der Waals surface area contributed by atoms with Crippen molar-refractivity contribution in [1.82, 2.24) is 10.6 Å². The molecule has 0 radical (unpaired) electrons. The van der Waals surface area contributed by atoms with Crippen molar-refractivity contribution in [3.8, 4) is 0 Å². The number of carbonyl (C=O) groups excluding carboxylic acids is 2. The summed E-state index contributed by atoms with van der Waals surface area (Å²) >= 11 is 0. The van der Waals surface area contributed by atoms with Gasteiger partial charge in [0.1, 0.15) is 6.04 Å². The van der Waals surface area contributed by atoms with Crippen LogP contribution in [0.1, 0.15) is 32.6 Å². The standard InChI is InChI=1S/C12H21N3O3/c1-7(16)9(10(13)17)15-8-2-4-12(5-3-8)6-14-11(12)18/h7-9,15-16H,2-6H2,1H3,(H2,13,17)(H,14,18)/t7-,8?,9?,12?/m1/s1. The highest BCUT2D eigenvalue weighted by Gasteiger charge is 2.48. The summed E-state index contributed by atoms with van der Waals surface area (Å²) < 4.78 is 0. The van der Waals surface area contributed by atoms with Gasteiger partial charge in [0.2, 0.25) is 11.8 Å². The third kappa shape index (κ3) is 2.35. The highest BCUT2D eigenvalue weighted by atomic mass is 16.3. The number of nitrogens with two attached hydrogens (primary N) is 1. The van der Waals surface area contributed by atoms with Gasteiger partial charge in [0, 0.05) is 12.6 Å². The van der Waals surface area contributed by atoms with Crippen molar-refractivity contribution in [2.45, 2.75) is 50.8 Å². The summed E-state index contributed by atoms with van der Waals surface area (Å²) in [5, 5.41) is 15.4. The molecule has 1 spiro atoms. The van der Waals surface area contributed by atoms with Crippen molar-refractivity contribution in [3.05, 3.63) is 0 Å². The Morgan fingerprint density at radius 3 is 2.50 bits per heavy atom. The maximum absolute atomic E-state index is 11.5. The second-order valence-corrected chi connectivity index (χ2v) is 5.52. The molecule has 1 aliphatic carbocycles. The summed E-state index contributed by atoms with van der Waals surface area (Å²) in [6.45, 7) is 2.32. The first-order valence-corrected chi connectivity index (χ1v) is 6.46. The summed E-state index contributed by atoms with van der Waals surface area (Å²) in [5.74, 6) is -0.380. The Bertz CT molecular complexity index is 348. The summed E-state index contributed by atoms with van der Waals surface area (Å²) in [5.41, 5.74) is 5.08. The fourth-order valence-corrected chi connectivity index (χ4v) is 2.86. The van der Waals surface area contributed by atoms with Gasteiger partial charge in [-0.25, -0.2) is 0 Å². The highest BCUT2D eigenvalue weighted by Crippen LogP contribution is 2.40. The minimum atomic E-state index is -0.801. The van der Waals surface area contributed by atoms with E-state index in [-0.39, 0.29) is 17.4 Å². The highest BCUT2D eigenvalue weighted by molar-refractivity contribution is 5.88. The summed E-state index contributed by atoms with van der Waals surface area (Å²) in [6, 6.07) is -0.560. The average molecular weight is 255 g/mol. The van der Waals surface area contributed by atoms with Crippen LogP contribution in [0.5, 0.6) is 0 Å². The van der Waals surface area contributed by atoms with Crippen LogP contribution in [0.15, 0.2) is 0 Å². The maximum atomic E-state index is 11.5. The van der Waals surface area contributed by atoms with E-state index in [1.165, 1.54) is 0 Å².